The van der Waals surface area contributed by atoms with E-state index in [9.17, 15) is 19.2 Å². The number of rotatable bonds is 6. The van der Waals surface area contributed by atoms with Crippen molar-refractivity contribution < 1.29 is 37.8 Å². The highest BCUT2D eigenvalue weighted by Gasteiger charge is 2.41. The molecule has 1 unspecified atom stereocenters. The van der Waals surface area contributed by atoms with E-state index >= 15 is 4.39 Å². The molecule has 14 heteroatoms. The van der Waals surface area contributed by atoms with E-state index in [1.165, 1.54) is 4.90 Å². The fourth-order valence-corrected chi connectivity index (χ4v) is 6.82. The Morgan fingerprint density at radius 2 is 1.54 bits per heavy atom. The number of ether oxygens (including phenoxy) is 3. The van der Waals surface area contributed by atoms with Crippen LogP contribution in [-0.2, 0) is 30.3 Å². The normalized spacial score (nSPS) is 26.7. The first-order valence-corrected chi connectivity index (χ1v) is 16.3. The Balaban J connectivity index is 0.925. The Hall–Kier alpha value is -3.33. The molecule has 6 rings (SSSR count). The van der Waals surface area contributed by atoms with Crippen molar-refractivity contribution in [2.75, 3.05) is 83.6 Å². The number of imide groups is 1. The summed E-state index contributed by atoms with van der Waals surface area (Å²) in [6, 6.07) is 2.54. The summed E-state index contributed by atoms with van der Waals surface area (Å²) in [5, 5.41) is 2.28. The van der Waals surface area contributed by atoms with Crippen molar-refractivity contribution in [2.24, 2.45) is 0 Å². The first-order chi connectivity index (χ1) is 21.9. The molecule has 3 atom stereocenters. The second-order valence-corrected chi connectivity index (χ2v) is 13.8. The highest BCUT2D eigenvalue weighted by atomic mass is 19.1. The molecule has 1 aromatic carbocycles. The van der Waals surface area contributed by atoms with Gasteiger partial charge in [0.05, 0.1) is 37.7 Å². The number of anilines is 1. The molecule has 0 aliphatic carbocycles. The second-order valence-electron chi connectivity index (χ2n) is 13.8. The fourth-order valence-electron chi connectivity index (χ4n) is 6.82. The highest BCUT2D eigenvalue weighted by Crippen LogP contribution is 2.34. The van der Waals surface area contributed by atoms with E-state index in [1.54, 1.807) is 17.0 Å². The van der Waals surface area contributed by atoms with Gasteiger partial charge in [0.1, 0.15) is 11.6 Å². The lowest BCUT2D eigenvalue weighted by Crippen LogP contribution is -2.54. The molecule has 0 saturated carbocycles. The summed E-state index contributed by atoms with van der Waals surface area (Å²) >= 11 is 0. The third-order valence-electron chi connectivity index (χ3n) is 9.33. The SMILES string of the molecule is CC(C)(C)OC(=O)N1CCN(C[C@H]2CO[C@H](CN3CCN(c4ccc5c(c4F)CN(C4CCC(=O)NC4=O)C5=O)CC3)CO2)CC1. The van der Waals surface area contributed by atoms with Gasteiger partial charge in [-0.1, -0.05) is 0 Å². The largest absolute Gasteiger partial charge is 0.444 e. The molecule has 1 N–H and O–H groups in total. The minimum atomic E-state index is -0.771. The zero-order chi connectivity index (χ0) is 32.6. The molecule has 0 spiro atoms. The van der Waals surface area contributed by atoms with Crippen LogP contribution in [0.3, 0.4) is 0 Å². The first kappa shape index (κ1) is 32.6. The number of hydrogen-bond acceptors (Lipinski definition) is 10. The summed E-state index contributed by atoms with van der Waals surface area (Å²) < 4.78 is 33.6. The van der Waals surface area contributed by atoms with Crippen LogP contribution in [0.5, 0.6) is 0 Å². The molecule has 13 nitrogen and oxygen atoms in total. The molecule has 5 aliphatic rings. The Morgan fingerprint density at radius 3 is 2.11 bits per heavy atom. The molecule has 46 heavy (non-hydrogen) atoms. The molecule has 4 saturated heterocycles. The number of halogens is 1. The maximum Gasteiger partial charge on any atom is 0.410 e. The lowest BCUT2D eigenvalue weighted by Gasteiger charge is -2.40. The molecule has 5 aliphatic heterocycles. The van der Waals surface area contributed by atoms with Crippen molar-refractivity contribution in [3.8, 4) is 0 Å². The van der Waals surface area contributed by atoms with Gasteiger partial charge in [0.25, 0.3) is 5.91 Å². The van der Waals surface area contributed by atoms with Crippen LogP contribution in [0.25, 0.3) is 0 Å². The number of nitrogens with one attached hydrogen (secondary N) is 1. The Bertz CT molecular complexity index is 1330. The molecule has 0 aromatic heterocycles. The van der Waals surface area contributed by atoms with Gasteiger partial charge in [-0.05, 0) is 39.3 Å². The summed E-state index contributed by atoms with van der Waals surface area (Å²) in [5.74, 6) is -1.66. The van der Waals surface area contributed by atoms with Crippen molar-refractivity contribution in [1.29, 1.82) is 0 Å². The molecule has 0 bridgehead atoms. The van der Waals surface area contributed by atoms with Gasteiger partial charge in [0, 0.05) is 83.0 Å². The van der Waals surface area contributed by atoms with Gasteiger partial charge in [-0.25, -0.2) is 9.18 Å². The minimum absolute atomic E-state index is 0.0123. The zero-order valence-corrected chi connectivity index (χ0v) is 27.0. The number of carbonyl (C=O) groups excluding carboxylic acids is 4. The standard InChI is InChI=1S/C32H45FN6O7/c1-32(2,3)46-31(43)38-14-10-36(11-15-38)17-22-20-44-21(19-45-22)16-35-8-12-37(13-9-35)25-5-4-23-24(28(25)33)18-39(30(23)42)26-6-7-27(40)34-29(26)41/h4-5,21-22,26H,6-20H2,1-3H3,(H,34,40,41)/t21-,22+,26?/m1/s1. The average Bonchev–Trinajstić information content (AvgIpc) is 3.35. The summed E-state index contributed by atoms with van der Waals surface area (Å²) in [6.07, 6.45) is 0.0879. The Kier molecular flexibility index (Phi) is 9.51. The van der Waals surface area contributed by atoms with Gasteiger partial charge in [-0.3, -0.25) is 29.5 Å². The predicted molar refractivity (Wildman–Crippen MR) is 165 cm³/mol. The van der Waals surface area contributed by atoms with Gasteiger partial charge in [0.15, 0.2) is 5.82 Å². The second kappa shape index (κ2) is 13.4. The number of amides is 4. The molecular formula is C32H45FN6O7. The number of benzene rings is 1. The topological polar surface area (TPSA) is 124 Å². The maximum absolute atomic E-state index is 15.8. The van der Waals surface area contributed by atoms with Crippen LogP contribution in [0.2, 0.25) is 0 Å². The van der Waals surface area contributed by atoms with E-state index in [1.807, 2.05) is 25.7 Å². The van der Waals surface area contributed by atoms with E-state index in [-0.39, 0.29) is 55.1 Å². The number of nitrogens with zero attached hydrogens (tertiary/aromatic N) is 5. The van der Waals surface area contributed by atoms with Crippen molar-refractivity contribution in [3.63, 3.8) is 0 Å². The molecule has 252 valence electrons. The van der Waals surface area contributed by atoms with Crippen molar-refractivity contribution >= 4 is 29.5 Å². The fraction of sp³-hybridized carbons (Fsp3) is 0.688. The predicted octanol–water partition coefficient (Wildman–Crippen LogP) is 1.05. The molecule has 5 heterocycles. The van der Waals surface area contributed by atoms with Gasteiger partial charge >= 0.3 is 6.09 Å². The summed E-state index contributed by atoms with van der Waals surface area (Å²) in [7, 11) is 0. The first-order valence-electron chi connectivity index (χ1n) is 16.3. The average molecular weight is 645 g/mol. The zero-order valence-electron chi connectivity index (χ0n) is 27.0. The quantitative estimate of drug-likeness (QED) is 0.450. The summed E-state index contributed by atoms with van der Waals surface area (Å²) in [6.45, 7) is 13.7. The van der Waals surface area contributed by atoms with Gasteiger partial charge in [0.2, 0.25) is 11.8 Å². The third-order valence-corrected chi connectivity index (χ3v) is 9.33. The molecule has 4 amide bonds. The number of carbonyl (C=O) groups is 4. The number of fused-ring (bicyclic) bond motifs is 1. The minimum Gasteiger partial charge on any atom is -0.444 e. The van der Waals surface area contributed by atoms with Crippen molar-refractivity contribution in [1.82, 2.24) is 24.9 Å². The number of piperidine rings is 1. The van der Waals surface area contributed by atoms with E-state index in [0.29, 0.717) is 50.6 Å². The number of piperazine rings is 2. The van der Waals surface area contributed by atoms with Crippen LogP contribution < -0.4 is 10.2 Å². The van der Waals surface area contributed by atoms with Crippen LogP contribution in [0.1, 0.15) is 49.5 Å². The van der Waals surface area contributed by atoms with Crippen LogP contribution >= 0.6 is 0 Å². The molecule has 0 radical (unpaired) electrons. The van der Waals surface area contributed by atoms with Crippen LogP contribution in [-0.4, -0.2) is 146 Å². The van der Waals surface area contributed by atoms with Crippen molar-refractivity contribution in [3.05, 3.63) is 29.1 Å². The number of hydrogen-bond donors (Lipinski definition) is 1. The van der Waals surface area contributed by atoms with E-state index in [2.05, 4.69) is 15.1 Å². The molecule has 4 fully saturated rings. The smallest absolute Gasteiger partial charge is 0.410 e. The molecule has 1 aromatic rings. The van der Waals surface area contributed by atoms with Gasteiger partial charge < -0.3 is 28.9 Å². The Morgan fingerprint density at radius 1 is 0.935 bits per heavy atom. The van der Waals surface area contributed by atoms with E-state index < -0.39 is 23.4 Å². The Labute approximate surface area is 268 Å². The van der Waals surface area contributed by atoms with Gasteiger partial charge in [-0.2, -0.15) is 0 Å². The van der Waals surface area contributed by atoms with Crippen LogP contribution in [0.15, 0.2) is 12.1 Å². The summed E-state index contributed by atoms with van der Waals surface area (Å²) in [4.78, 5) is 59.0. The molecular weight excluding hydrogens is 599 g/mol. The van der Waals surface area contributed by atoms with Crippen molar-refractivity contribution in [2.45, 2.75) is 64.0 Å². The lowest BCUT2D eigenvalue weighted by atomic mass is 10.0. The highest BCUT2D eigenvalue weighted by molar-refractivity contribution is 6.05. The summed E-state index contributed by atoms with van der Waals surface area (Å²) in [5.41, 5.74) is 0.546. The third kappa shape index (κ3) is 7.29. The van der Waals surface area contributed by atoms with Crippen LogP contribution in [0.4, 0.5) is 14.9 Å². The van der Waals surface area contributed by atoms with Crippen LogP contribution in [0, 0.1) is 5.82 Å². The van der Waals surface area contributed by atoms with E-state index in [0.717, 1.165) is 39.3 Å². The lowest BCUT2D eigenvalue weighted by molar-refractivity contribution is -0.146. The monoisotopic (exact) mass is 644 g/mol. The maximum atomic E-state index is 15.8. The van der Waals surface area contributed by atoms with E-state index in [4.69, 9.17) is 14.2 Å². The van der Waals surface area contributed by atoms with Gasteiger partial charge in [-0.15, -0.1) is 0 Å².